The average Bonchev–Trinajstić information content (AvgIpc) is 3.46. The Hall–Kier alpha value is -3.75. The van der Waals surface area contributed by atoms with E-state index in [1.807, 2.05) is 0 Å². The van der Waals surface area contributed by atoms with Gasteiger partial charge in [0, 0.05) is 27.8 Å². The molecule has 1 aliphatic rings. The first kappa shape index (κ1) is 14.3. The van der Waals surface area contributed by atoms with Crippen molar-refractivity contribution in [2.45, 2.75) is 31.5 Å². The number of anilines is 2. The van der Waals surface area contributed by atoms with Gasteiger partial charge in [-0.1, -0.05) is 12.9 Å². The molecule has 9 heteroatoms. The number of aryl methyl sites for hydroxylation is 1. The lowest BCUT2D eigenvalue weighted by Crippen LogP contribution is -2.29. The largest absolute Gasteiger partial charge is 0.494 e. The van der Waals surface area contributed by atoms with E-state index >= 15 is 0 Å². The predicted octanol–water partition coefficient (Wildman–Crippen LogP) is 2.74. The highest BCUT2D eigenvalue weighted by Gasteiger charge is 2.51. The molecule has 0 unspecified atom stereocenters. The predicted molar refractivity (Wildman–Crippen MR) is 115 cm³/mol. The van der Waals surface area contributed by atoms with Crippen molar-refractivity contribution >= 4 is 23.1 Å². The van der Waals surface area contributed by atoms with Crippen LogP contribution in [-0.2, 0) is 17.2 Å². The molecule has 0 atom stereocenters. The number of carbonyl (C=O) groups excluding carboxylic acids is 2. The van der Waals surface area contributed by atoms with E-state index in [0.29, 0.717) is 29.8 Å². The summed E-state index contributed by atoms with van der Waals surface area (Å²) in [5.41, 5.74) is 5.96. The van der Waals surface area contributed by atoms with Crippen molar-refractivity contribution < 1.29 is 22.6 Å². The molecule has 3 aromatic rings. The highest BCUT2D eigenvalue weighted by atomic mass is 16.5. The number of hydrogen-bond acceptors (Lipinski definition) is 7. The molecule has 0 spiro atoms. The number of Topliss-reactive ketones (excluding diaryl/α,β-unsaturated/α-hetero) is 1. The van der Waals surface area contributed by atoms with Gasteiger partial charge < -0.3 is 15.8 Å². The summed E-state index contributed by atoms with van der Waals surface area (Å²) in [7, 11) is 1.40. The second-order valence-corrected chi connectivity index (χ2v) is 7.19. The van der Waals surface area contributed by atoms with Crippen LogP contribution < -0.4 is 15.8 Å². The van der Waals surface area contributed by atoms with Crippen molar-refractivity contribution in [3.8, 4) is 17.1 Å². The van der Waals surface area contributed by atoms with Crippen molar-refractivity contribution in [3.63, 3.8) is 0 Å². The molecule has 1 aliphatic carbocycles. The van der Waals surface area contributed by atoms with Gasteiger partial charge in [-0.15, -0.1) is 0 Å². The number of ether oxygens (including phenoxy) is 1. The fourth-order valence-corrected chi connectivity index (χ4v) is 3.45. The molecule has 2 heterocycles. The molecule has 4 rings (SSSR count). The standard InChI is InChI=1S/C22H24N6O3/c1-4-17(29)14-11-24-18(22(8-9-22)21(23)30)10-16(14)26-15-7-5-6-13(19(15)31-3)20-25-12-28(2)27-20/h5-7,10-12H,4,8-9H2,1-3H3,(H2,23,30)(H,24,26)/i1D3,2D3. The molecule has 0 bridgehead atoms. The zero-order valence-electron chi connectivity index (χ0n) is 22.7. The Labute approximate surface area is 188 Å². The molecule has 1 fully saturated rings. The summed E-state index contributed by atoms with van der Waals surface area (Å²) in [6.07, 6.45) is 2.63. The summed E-state index contributed by atoms with van der Waals surface area (Å²) in [5, 5.41) is 7.12. The van der Waals surface area contributed by atoms with Crippen molar-refractivity contribution in [1.29, 1.82) is 0 Å². The zero-order valence-corrected chi connectivity index (χ0v) is 16.7. The topological polar surface area (TPSA) is 125 Å². The van der Waals surface area contributed by atoms with Gasteiger partial charge in [0.15, 0.2) is 17.4 Å². The summed E-state index contributed by atoms with van der Waals surface area (Å²) in [6, 6.07) is 6.43. The number of carbonyl (C=O) groups is 2. The third kappa shape index (κ3) is 3.63. The number of ketones is 1. The van der Waals surface area contributed by atoms with Gasteiger partial charge in [-0.2, -0.15) is 5.10 Å². The molecule has 2 aromatic heterocycles. The number of aromatic nitrogens is 4. The van der Waals surface area contributed by atoms with Crippen molar-refractivity contribution in [1.82, 2.24) is 19.7 Å². The van der Waals surface area contributed by atoms with Gasteiger partial charge in [0.1, 0.15) is 6.33 Å². The van der Waals surface area contributed by atoms with E-state index in [0.717, 1.165) is 11.0 Å². The van der Waals surface area contributed by atoms with Crippen LogP contribution >= 0.6 is 0 Å². The van der Waals surface area contributed by atoms with Gasteiger partial charge >= 0.3 is 0 Å². The Balaban J connectivity index is 1.79. The number of pyridine rings is 1. The lowest BCUT2D eigenvalue weighted by molar-refractivity contribution is -0.120. The van der Waals surface area contributed by atoms with E-state index in [2.05, 4.69) is 20.4 Å². The molecular weight excluding hydrogens is 396 g/mol. The summed E-state index contributed by atoms with van der Waals surface area (Å²) in [5.74, 6) is -0.868. The first-order chi connectivity index (χ1) is 17.2. The first-order valence-electron chi connectivity index (χ1n) is 12.5. The number of nitrogens with zero attached hydrogens (tertiary/aromatic N) is 4. The summed E-state index contributed by atoms with van der Waals surface area (Å²) < 4.78 is 51.3. The third-order valence-corrected chi connectivity index (χ3v) is 5.30. The minimum atomic E-state index is -2.51. The van der Waals surface area contributed by atoms with Gasteiger partial charge in [-0.05, 0) is 31.0 Å². The van der Waals surface area contributed by atoms with Gasteiger partial charge in [0.25, 0.3) is 0 Å². The van der Waals surface area contributed by atoms with Crippen LogP contribution in [0.25, 0.3) is 11.4 Å². The van der Waals surface area contributed by atoms with Crippen molar-refractivity contribution in [2.24, 2.45) is 12.7 Å². The number of amides is 1. The van der Waals surface area contributed by atoms with E-state index < -0.39 is 37.4 Å². The third-order valence-electron chi connectivity index (χ3n) is 5.30. The number of nitrogens with one attached hydrogen (secondary N) is 1. The first-order valence-corrected chi connectivity index (χ1v) is 9.45. The number of nitrogens with two attached hydrogens (primary N) is 1. The number of para-hydroxylation sites is 1. The maximum Gasteiger partial charge on any atom is 0.229 e. The van der Waals surface area contributed by atoms with Gasteiger partial charge in [-0.3, -0.25) is 19.3 Å². The van der Waals surface area contributed by atoms with Gasteiger partial charge in [0.05, 0.1) is 40.7 Å². The van der Waals surface area contributed by atoms with Crippen LogP contribution in [0.1, 0.15) is 50.4 Å². The summed E-state index contributed by atoms with van der Waals surface area (Å²) in [6.45, 7) is -5.01. The Kier molecular flexibility index (Phi) is 3.61. The zero-order chi connectivity index (χ0) is 27.2. The summed E-state index contributed by atoms with van der Waals surface area (Å²) in [4.78, 5) is 33.3. The molecule has 31 heavy (non-hydrogen) atoms. The van der Waals surface area contributed by atoms with Gasteiger partial charge in [-0.25, -0.2) is 4.98 Å². The minimum absolute atomic E-state index is 0.0115. The molecule has 0 saturated heterocycles. The number of hydrogen-bond donors (Lipinski definition) is 2. The highest BCUT2D eigenvalue weighted by molar-refractivity contribution is 6.02. The molecule has 3 N–H and O–H groups in total. The van der Waals surface area contributed by atoms with Crippen molar-refractivity contribution in [3.05, 3.63) is 48.0 Å². The molecular formula is C22H24N6O3. The molecule has 1 amide bonds. The molecule has 0 aliphatic heterocycles. The van der Waals surface area contributed by atoms with E-state index in [9.17, 15) is 9.59 Å². The van der Waals surface area contributed by atoms with E-state index in [4.69, 9.17) is 18.7 Å². The van der Waals surface area contributed by atoms with E-state index in [1.54, 1.807) is 18.2 Å². The Morgan fingerprint density at radius 2 is 2.16 bits per heavy atom. The van der Waals surface area contributed by atoms with Crippen LogP contribution in [0, 0.1) is 0 Å². The summed E-state index contributed by atoms with van der Waals surface area (Å²) >= 11 is 0. The van der Waals surface area contributed by atoms with E-state index in [-0.39, 0.29) is 22.8 Å². The SMILES string of the molecule is [2H]C([2H])([2H])CC(=O)c1cnc(C2(C(N)=O)CC2)cc1Nc1cccc(-c2ncn(C([2H])([2H])[2H])n2)c1OC. The van der Waals surface area contributed by atoms with Crippen molar-refractivity contribution in [2.75, 3.05) is 12.4 Å². The lowest BCUT2D eigenvalue weighted by Gasteiger charge is -2.18. The number of primary amides is 1. The number of rotatable bonds is 8. The second-order valence-electron chi connectivity index (χ2n) is 7.19. The van der Waals surface area contributed by atoms with Crippen LogP contribution in [0.4, 0.5) is 11.4 Å². The van der Waals surface area contributed by atoms with Crippen LogP contribution in [0.2, 0.25) is 0 Å². The molecule has 1 aromatic carbocycles. The molecule has 0 radical (unpaired) electrons. The van der Waals surface area contributed by atoms with E-state index in [1.165, 1.54) is 19.4 Å². The molecule has 1 saturated carbocycles. The van der Waals surface area contributed by atoms with Gasteiger partial charge in [0.2, 0.25) is 5.91 Å². The van der Waals surface area contributed by atoms with Crippen LogP contribution in [0.15, 0.2) is 36.8 Å². The highest BCUT2D eigenvalue weighted by Crippen LogP contribution is 2.48. The molecule has 160 valence electrons. The quantitative estimate of drug-likeness (QED) is 0.531. The maximum absolute atomic E-state index is 12.9. The Morgan fingerprint density at radius 3 is 2.81 bits per heavy atom. The Morgan fingerprint density at radius 1 is 1.32 bits per heavy atom. The second kappa shape index (κ2) is 7.82. The van der Waals surface area contributed by atoms with Crippen LogP contribution in [0.3, 0.4) is 0 Å². The lowest BCUT2D eigenvalue weighted by atomic mass is 9.98. The number of benzene rings is 1. The smallest absolute Gasteiger partial charge is 0.229 e. The normalized spacial score (nSPS) is 17.8. The fourth-order valence-electron chi connectivity index (χ4n) is 3.45. The van der Waals surface area contributed by atoms with Crippen LogP contribution in [0.5, 0.6) is 5.75 Å². The monoisotopic (exact) mass is 426 g/mol. The minimum Gasteiger partial charge on any atom is -0.494 e. The Bertz CT molecular complexity index is 1360. The van der Waals surface area contributed by atoms with Crippen LogP contribution in [-0.4, -0.2) is 38.5 Å². The maximum atomic E-state index is 12.9. The molecule has 9 nitrogen and oxygen atoms in total. The average molecular weight is 427 g/mol. The number of methoxy groups -OCH3 is 1. The fraction of sp³-hybridized carbons (Fsp3) is 0.318.